The van der Waals surface area contributed by atoms with Crippen LogP contribution in [0.1, 0.15) is 29.6 Å². The van der Waals surface area contributed by atoms with Gasteiger partial charge >= 0.3 is 6.18 Å². The maximum atomic E-state index is 12.8. The molecule has 4 nitrogen and oxygen atoms in total. The summed E-state index contributed by atoms with van der Waals surface area (Å²) in [6.45, 7) is 1.63. The van der Waals surface area contributed by atoms with Crippen molar-refractivity contribution in [2.75, 3.05) is 20.1 Å². The third-order valence-electron chi connectivity index (χ3n) is 4.67. The van der Waals surface area contributed by atoms with Crippen molar-refractivity contribution in [3.8, 4) is 0 Å². The van der Waals surface area contributed by atoms with E-state index in [9.17, 15) is 18.3 Å². The molecule has 0 radical (unpaired) electrons. The Kier molecular flexibility index (Phi) is 5.60. The van der Waals surface area contributed by atoms with Crippen LogP contribution in [0.15, 0.2) is 30.5 Å². The third kappa shape index (κ3) is 4.58. The summed E-state index contributed by atoms with van der Waals surface area (Å²) in [5.74, 6) is 0.713. The molecule has 0 fully saturated rings. The summed E-state index contributed by atoms with van der Waals surface area (Å²) >= 11 is 5.95. The molecular formula is C18H21ClF3N3O. The molecule has 0 unspecified atom stereocenters. The van der Waals surface area contributed by atoms with E-state index < -0.39 is 18.0 Å². The van der Waals surface area contributed by atoms with Gasteiger partial charge in [-0.3, -0.25) is 0 Å². The van der Waals surface area contributed by atoms with E-state index in [1.807, 2.05) is 18.0 Å². The number of rotatable bonds is 5. The molecule has 3 rings (SSSR count). The average molecular weight is 388 g/mol. The first-order valence-corrected chi connectivity index (χ1v) is 8.85. The highest BCUT2D eigenvalue weighted by Gasteiger charge is 2.35. The molecule has 0 aliphatic carbocycles. The van der Waals surface area contributed by atoms with Gasteiger partial charge in [0.2, 0.25) is 0 Å². The van der Waals surface area contributed by atoms with Crippen LogP contribution in [0.4, 0.5) is 13.2 Å². The monoisotopic (exact) mass is 387 g/mol. The van der Waals surface area contributed by atoms with Crippen molar-refractivity contribution in [1.82, 2.24) is 14.5 Å². The first-order chi connectivity index (χ1) is 12.2. The quantitative estimate of drug-likeness (QED) is 0.848. The van der Waals surface area contributed by atoms with Crippen molar-refractivity contribution in [2.24, 2.45) is 5.92 Å². The number of aliphatic hydroxyl groups excluding tert-OH is 1. The fourth-order valence-corrected chi connectivity index (χ4v) is 3.63. The zero-order valence-electron chi connectivity index (χ0n) is 14.4. The maximum absolute atomic E-state index is 12.8. The van der Waals surface area contributed by atoms with Crippen molar-refractivity contribution in [1.29, 1.82) is 0 Å². The molecular weight excluding hydrogens is 367 g/mol. The Morgan fingerprint density at radius 2 is 2.19 bits per heavy atom. The largest absolute Gasteiger partial charge is 0.434 e. The van der Waals surface area contributed by atoms with Crippen LogP contribution in [0.5, 0.6) is 0 Å². The minimum Gasteiger partial charge on any atom is -0.387 e. The first kappa shape index (κ1) is 19.2. The van der Waals surface area contributed by atoms with Gasteiger partial charge in [-0.15, -0.1) is 0 Å². The van der Waals surface area contributed by atoms with E-state index in [1.54, 1.807) is 22.8 Å². The Bertz CT molecular complexity index is 762. The second kappa shape index (κ2) is 7.58. The average Bonchev–Trinajstić information content (AvgIpc) is 2.98. The van der Waals surface area contributed by atoms with Gasteiger partial charge in [-0.1, -0.05) is 23.7 Å². The topological polar surface area (TPSA) is 41.3 Å². The second-order valence-corrected chi connectivity index (χ2v) is 7.33. The van der Waals surface area contributed by atoms with Crippen LogP contribution >= 0.6 is 11.6 Å². The Morgan fingerprint density at radius 1 is 1.42 bits per heavy atom. The minimum absolute atomic E-state index is 0.217. The molecule has 2 atom stereocenters. The molecule has 1 N–H and O–H groups in total. The highest BCUT2D eigenvalue weighted by molar-refractivity contribution is 6.30. The van der Waals surface area contributed by atoms with Gasteiger partial charge in [-0.25, -0.2) is 4.98 Å². The lowest BCUT2D eigenvalue weighted by molar-refractivity contribution is -0.141. The van der Waals surface area contributed by atoms with Crippen LogP contribution in [-0.4, -0.2) is 39.7 Å². The molecule has 0 saturated carbocycles. The Labute approximate surface area is 155 Å². The number of aromatic nitrogens is 2. The smallest absolute Gasteiger partial charge is 0.387 e. The van der Waals surface area contributed by atoms with Crippen LogP contribution in [0.2, 0.25) is 5.02 Å². The lowest BCUT2D eigenvalue weighted by Gasteiger charge is -2.29. The highest BCUT2D eigenvalue weighted by Crippen LogP contribution is 2.31. The molecule has 2 heterocycles. The van der Waals surface area contributed by atoms with Crippen molar-refractivity contribution < 1.29 is 18.3 Å². The van der Waals surface area contributed by atoms with Crippen LogP contribution in [0.25, 0.3) is 0 Å². The summed E-state index contributed by atoms with van der Waals surface area (Å²) in [7, 11) is 1.90. The molecule has 0 amide bonds. The van der Waals surface area contributed by atoms with Gasteiger partial charge in [0.15, 0.2) is 5.69 Å². The number of halogens is 4. The molecule has 1 aliphatic heterocycles. The normalized spacial score (nSPS) is 18.8. The molecule has 2 aromatic rings. The van der Waals surface area contributed by atoms with Crippen LogP contribution < -0.4 is 0 Å². The third-order valence-corrected chi connectivity index (χ3v) is 4.90. The summed E-state index contributed by atoms with van der Waals surface area (Å²) in [6, 6.07) is 7.10. The summed E-state index contributed by atoms with van der Waals surface area (Å²) < 4.78 is 40.0. The SMILES string of the molecule is CN(C[C@H]1CCc2nc(C(F)(F)F)cn2C1)C[C@@H](O)c1cccc(Cl)c1. The van der Waals surface area contributed by atoms with Crippen LogP contribution in [-0.2, 0) is 19.1 Å². The maximum Gasteiger partial charge on any atom is 0.434 e. The van der Waals surface area contributed by atoms with Gasteiger partial charge in [0.05, 0.1) is 6.10 Å². The zero-order valence-corrected chi connectivity index (χ0v) is 15.1. The van der Waals surface area contributed by atoms with Gasteiger partial charge in [-0.05, 0) is 37.1 Å². The number of likely N-dealkylation sites (N-methyl/N-ethyl adjacent to an activating group) is 1. The van der Waals surface area contributed by atoms with Gasteiger partial charge < -0.3 is 14.6 Å². The van der Waals surface area contributed by atoms with E-state index in [0.717, 1.165) is 18.2 Å². The Hall–Kier alpha value is -1.57. The number of aryl methyl sites for hydroxylation is 1. The Morgan fingerprint density at radius 3 is 2.88 bits per heavy atom. The number of hydrogen-bond acceptors (Lipinski definition) is 3. The van der Waals surface area contributed by atoms with E-state index in [0.29, 0.717) is 36.9 Å². The van der Waals surface area contributed by atoms with Crippen molar-refractivity contribution in [3.05, 3.63) is 52.6 Å². The van der Waals surface area contributed by atoms with Crippen LogP contribution in [0, 0.1) is 5.92 Å². The number of imidazole rings is 1. The van der Waals surface area contributed by atoms with Gasteiger partial charge in [-0.2, -0.15) is 13.2 Å². The van der Waals surface area contributed by atoms with E-state index >= 15 is 0 Å². The number of benzene rings is 1. The summed E-state index contributed by atoms with van der Waals surface area (Å²) in [5, 5.41) is 10.9. The molecule has 0 saturated heterocycles. The first-order valence-electron chi connectivity index (χ1n) is 8.47. The van der Waals surface area contributed by atoms with E-state index in [-0.39, 0.29) is 5.92 Å². The number of aliphatic hydroxyl groups is 1. The van der Waals surface area contributed by atoms with E-state index in [2.05, 4.69) is 4.98 Å². The standard InChI is InChI=1S/C18H21ClF3N3O/c1-24(10-15(26)13-3-2-4-14(19)7-13)8-12-5-6-17-23-16(18(20,21)22)11-25(17)9-12/h2-4,7,11-12,15,26H,5-6,8-10H2,1H3/t12-,15-/m1/s1. The predicted molar refractivity (Wildman–Crippen MR) is 92.9 cm³/mol. The van der Waals surface area contributed by atoms with Gasteiger partial charge in [0.25, 0.3) is 0 Å². The highest BCUT2D eigenvalue weighted by atomic mass is 35.5. The van der Waals surface area contributed by atoms with Gasteiger partial charge in [0, 0.05) is 37.3 Å². The predicted octanol–water partition coefficient (Wildman–Crippen LogP) is 3.78. The van der Waals surface area contributed by atoms with E-state index in [1.165, 1.54) is 0 Å². The lowest BCUT2D eigenvalue weighted by atomic mass is 9.98. The number of fused-ring (bicyclic) bond motifs is 1. The summed E-state index contributed by atoms with van der Waals surface area (Å²) in [5.41, 5.74) is -0.0717. The fraction of sp³-hybridized carbons (Fsp3) is 0.500. The van der Waals surface area contributed by atoms with Crippen molar-refractivity contribution in [3.63, 3.8) is 0 Å². The molecule has 0 bridgehead atoms. The van der Waals surface area contributed by atoms with Gasteiger partial charge in [0.1, 0.15) is 5.82 Å². The minimum atomic E-state index is -4.41. The molecule has 8 heteroatoms. The lowest BCUT2D eigenvalue weighted by Crippen LogP contribution is -2.33. The van der Waals surface area contributed by atoms with E-state index in [4.69, 9.17) is 11.6 Å². The molecule has 1 aliphatic rings. The molecule has 142 valence electrons. The molecule has 0 spiro atoms. The molecule has 1 aromatic heterocycles. The number of alkyl halides is 3. The summed E-state index contributed by atoms with van der Waals surface area (Å²) in [6.07, 6.45) is -2.65. The number of nitrogens with zero attached hydrogens (tertiary/aromatic N) is 3. The Balaban J connectivity index is 1.57. The van der Waals surface area contributed by atoms with Crippen molar-refractivity contribution in [2.45, 2.75) is 31.7 Å². The van der Waals surface area contributed by atoms with Crippen LogP contribution in [0.3, 0.4) is 0 Å². The zero-order chi connectivity index (χ0) is 18.9. The molecule has 26 heavy (non-hydrogen) atoms. The fourth-order valence-electron chi connectivity index (χ4n) is 3.43. The van der Waals surface area contributed by atoms with Crippen molar-refractivity contribution >= 4 is 11.6 Å². The second-order valence-electron chi connectivity index (χ2n) is 6.89. The number of hydrogen-bond donors (Lipinski definition) is 1. The summed E-state index contributed by atoms with van der Waals surface area (Å²) in [4.78, 5) is 5.71. The molecule has 1 aromatic carbocycles.